The Balaban J connectivity index is 1.23. The number of fused-ring (bicyclic) bond motifs is 1. The maximum atomic E-state index is 13.9. The first-order valence-electron chi connectivity index (χ1n) is 12.7. The molecule has 10 nitrogen and oxygen atoms in total. The van der Waals surface area contributed by atoms with Crippen LogP contribution in [-0.2, 0) is 14.3 Å². The summed E-state index contributed by atoms with van der Waals surface area (Å²) in [5, 5.41) is 0. The van der Waals surface area contributed by atoms with Crippen LogP contribution in [0.5, 0.6) is 11.8 Å². The topological polar surface area (TPSA) is 117 Å². The zero-order valence-electron chi connectivity index (χ0n) is 22.2. The van der Waals surface area contributed by atoms with Crippen molar-refractivity contribution >= 4 is 29.4 Å². The van der Waals surface area contributed by atoms with Crippen molar-refractivity contribution in [1.29, 1.82) is 0 Å². The highest BCUT2D eigenvalue weighted by molar-refractivity contribution is 5.92. The summed E-state index contributed by atoms with van der Waals surface area (Å²) in [7, 11) is 0. The Morgan fingerprint density at radius 1 is 1.10 bits per heavy atom. The molecule has 0 aliphatic carbocycles. The first kappa shape index (κ1) is 26.8. The van der Waals surface area contributed by atoms with Crippen molar-refractivity contribution in [2.24, 2.45) is 0 Å². The molecule has 1 atom stereocenters. The summed E-state index contributed by atoms with van der Waals surface area (Å²) in [5.41, 5.74) is 1.39. The number of para-hydroxylation sites is 1. The SMILES string of the molecule is CC(C)(C)OC(=O)O[C@H]1CCCN1C(=O)C=Cc1ccc(-c2nc3cnc(Oc4ccccc4F)nc3o2)cc1. The lowest BCUT2D eigenvalue weighted by molar-refractivity contribution is -0.135. The molecular weight excluding hydrogens is 519 g/mol. The van der Waals surface area contributed by atoms with E-state index in [1.54, 1.807) is 51.1 Å². The number of aromatic nitrogens is 3. The number of rotatable bonds is 6. The van der Waals surface area contributed by atoms with Crippen LogP contribution in [0, 0.1) is 5.82 Å². The molecule has 0 saturated carbocycles. The Morgan fingerprint density at radius 2 is 1.88 bits per heavy atom. The number of nitrogens with zero attached hydrogens (tertiary/aromatic N) is 4. The highest BCUT2D eigenvalue weighted by atomic mass is 19.1. The molecule has 40 heavy (non-hydrogen) atoms. The van der Waals surface area contributed by atoms with E-state index in [9.17, 15) is 14.0 Å². The number of halogens is 1. The van der Waals surface area contributed by atoms with Gasteiger partial charge in [0.25, 0.3) is 5.71 Å². The quantitative estimate of drug-likeness (QED) is 0.208. The lowest BCUT2D eigenvalue weighted by Gasteiger charge is -2.25. The highest BCUT2D eigenvalue weighted by Gasteiger charge is 2.32. The second kappa shape index (κ2) is 11.1. The van der Waals surface area contributed by atoms with Crippen LogP contribution >= 0.6 is 0 Å². The molecule has 0 N–H and O–H groups in total. The van der Waals surface area contributed by atoms with Crippen molar-refractivity contribution < 1.29 is 32.6 Å². The molecule has 0 spiro atoms. The standard InChI is InChI=1S/C29H27FN4O6/c1-29(2,3)40-28(36)38-24-9-6-16-34(24)23(35)15-12-18-10-13-19(14-11-18)25-32-21-17-31-27(33-26(21)39-25)37-22-8-5-4-7-20(22)30/h4-5,7-8,10-15,17,24H,6,9,16H2,1-3H3/t24-/m0/s1. The molecule has 0 bridgehead atoms. The monoisotopic (exact) mass is 546 g/mol. The molecule has 11 heteroatoms. The molecule has 0 unspecified atom stereocenters. The van der Waals surface area contributed by atoms with Crippen molar-refractivity contribution in [2.45, 2.75) is 45.4 Å². The number of hydrogen-bond donors (Lipinski definition) is 0. The van der Waals surface area contributed by atoms with E-state index < -0.39 is 23.8 Å². The van der Waals surface area contributed by atoms with Crippen LogP contribution in [0.15, 0.2) is 65.2 Å². The largest absolute Gasteiger partial charge is 0.510 e. The Labute approximate surface area is 229 Å². The molecule has 5 rings (SSSR count). The van der Waals surface area contributed by atoms with Gasteiger partial charge < -0.3 is 23.5 Å². The Morgan fingerprint density at radius 3 is 2.62 bits per heavy atom. The number of oxazole rings is 1. The highest BCUT2D eigenvalue weighted by Crippen LogP contribution is 2.27. The molecule has 4 aromatic rings. The maximum Gasteiger partial charge on any atom is 0.510 e. The van der Waals surface area contributed by atoms with Crippen LogP contribution < -0.4 is 4.74 Å². The van der Waals surface area contributed by atoms with Gasteiger partial charge in [0.15, 0.2) is 17.8 Å². The van der Waals surface area contributed by atoms with E-state index in [1.165, 1.54) is 29.3 Å². The van der Waals surface area contributed by atoms with Gasteiger partial charge in [-0.05, 0) is 63.1 Å². The average Bonchev–Trinajstić information content (AvgIpc) is 3.54. The van der Waals surface area contributed by atoms with Gasteiger partial charge in [-0.2, -0.15) is 4.98 Å². The first-order chi connectivity index (χ1) is 19.1. The summed E-state index contributed by atoms with van der Waals surface area (Å²) in [6.45, 7) is 5.74. The number of likely N-dealkylation sites (tertiary alicyclic amines) is 1. The predicted molar refractivity (Wildman–Crippen MR) is 143 cm³/mol. The lowest BCUT2D eigenvalue weighted by atomic mass is 10.1. The third kappa shape index (κ3) is 6.42. The van der Waals surface area contributed by atoms with Crippen LogP contribution in [0.3, 0.4) is 0 Å². The molecule has 2 aromatic carbocycles. The minimum absolute atomic E-state index is 0.000433. The number of carbonyl (C=O) groups is 2. The zero-order valence-corrected chi connectivity index (χ0v) is 22.2. The minimum Gasteiger partial charge on any atom is -0.429 e. The van der Waals surface area contributed by atoms with E-state index in [0.29, 0.717) is 29.9 Å². The van der Waals surface area contributed by atoms with Crippen LogP contribution in [0.25, 0.3) is 28.8 Å². The van der Waals surface area contributed by atoms with Gasteiger partial charge in [0.1, 0.15) is 11.1 Å². The van der Waals surface area contributed by atoms with Crippen LogP contribution in [0.1, 0.15) is 39.2 Å². The van der Waals surface area contributed by atoms with E-state index in [1.807, 2.05) is 12.1 Å². The van der Waals surface area contributed by atoms with Gasteiger partial charge in [-0.15, -0.1) is 0 Å². The van der Waals surface area contributed by atoms with E-state index in [-0.39, 0.29) is 23.4 Å². The van der Waals surface area contributed by atoms with Crippen LogP contribution in [0.4, 0.5) is 9.18 Å². The molecule has 1 amide bonds. The van der Waals surface area contributed by atoms with Gasteiger partial charge in [-0.25, -0.2) is 19.2 Å². The summed E-state index contributed by atoms with van der Waals surface area (Å²) in [4.78, 5) is 39.0. The number of benzene rings is 2. The Bertz CT molecular complexity index is 1560. The first-order valence-corrected chi connectivity index (χ1v) is 12.7. The summed E-state index contributed by atoms with van der Waals surface area (Å²) >= 11 is 0. The van der Waals surface area contributed by atoms with E-state index in [2.05, 4.69) is 15.0 Å². The van der Waals surface area contributed by atoms with Crippen molar-refractivity contribution in [3.05, 3.63) is 72.2 Å². The summed E-state index contributed by atoms with van der Waals surface area (Å²) in [6, 6.07) is 13.1. The summed E-state index contributed by atoms with van der Waals surface area (Å²) in [5.74, 6) is -0.478. The van der Waals surface area contributed by atoms with Gasteiger partial charge in [0.2, 0.25) is 11.8 Å². The second-order valence-electron chi connectivity index (χ2n) is 10.1. The number of ether oxygens (including phenoxy) is 3. The molecule has 1 aliphatic heterocycles. The van der Waals surface area contributed by atoms with Gasteiger partial charge in [-0.3, -0.25) is 4.79 Å². The maximum absolute atomic E-state index is 13.9. The molecule has 1 aliphatic rings. The number of carbonyl (C=O) groups excluding carboxylic acids is 2. The minimum atomic E-state index is -0.796. The molecule has 1 fully saturated rings. The third-order valence-electron chi connectivity index (χ3n) is 5.85. The normalized spacial score (nSPS) is 15.5. The van der Waals surface area contributed by atoms with E-state index in [4.69, 9.17) is 18.6 Å². The fourth-order valence-corrected chi connectivity index (χ4v) is 4.01. The zero-order chi connectivity index (χ0) is 28.3. The number of hydrogen-bond acceptors (Lipinski definition) is 9. The lowest BCUT2D eigenvalue weighted by Crippen LogP contribution is -2.38. The molecular formula is C29H27FN4O6. The van der Waals surface area contributed by atoms with Gasteiger partial charge >= 0.3 is 12.2 Å². The summed E-state index contributed by atoms with van der Waals surface area (Å²) in [6.07, 6.45) is 4.39. The van der Waals surface area contributed by atoms with Crippen molar-refractivity contribution in [2.75, 3.05) is 6.54 Å². The predicted octanol–water partition coefficient (Wildman–Crippen LogP) is 6.13. The van der Waals surface area contributed by atoms with Crippen molar-refractivity contribution in [1.82, 2.24) is 19.9 Å². The third-order valence-corrected chi connectivity index (χ3v) is 5.85. The Kier molecular flexibility index (Phi) is 7.45. The fraction of sp³-hybridized carbons (Fsp3) is 0.276. The van der Waals surface area contributed by atoms with Crippen molar-refractivity contribution in [3.8, 4) is 23.2 Å². The van der Waals surface area contributed by atoms with Gasteiger partial charge in [0.05, 0.1) is 6.20 Å². The molecule has 1 saturated heterocycles. The second-order valence-corrected chi connectivity index (χ2v) is 10.1. The molecule has 0 radical (unpaired) electrons. The molecule has 206 valence electrons. The van der Waals surface area contributed by atoms with E-state index in [0.717, 1.165) is 12.0 Å². The Hall–Kier alpha value is -4.80. The number of amides is 1. The fourth-order valence-electron chi connectivity index (χ4n) is 4.01. The van der Waals surface area contributed by atoms with Crippen LogP contribution in [-0.4, -0.2) is 50.3 Å². The van der Waals surface area contributed by atoms with Gasteiger partial charge in [-0.1, -0.05) is 24.3 Å². The van der Waals surface area contributed by atoms with E-state index >= 15 is 0 Å². The molecule has 2 aromatic heterocycles. The smallest absolute Gasteiger partial charge is 0.429 e. The van der Waals surface area contributed by atoms with Gasteiger partial charge in [0, 0.05) is 24.6 Å². The average molecular weight is 547 g/mol. The van der Waals surface area contributed by atoms with Crippen molar-refractivity contribution in [3.63, 3.8) is 0 Å². The summed E-state index contributed by atoms with van der Waals surface area (Å²) < 4.78 is 35.6. The van der Waals surface area contributed by atoms with Crippen LogP contribution in [0.2, 0.25) is 0 Å². The molecule has 3 heterocycles.